The molecule has 1 fully saturated rings. The van der Waals surface area contributed by atoms with Gasteiger partial charge in [-0.15, -0.1) is 0 Å². The molecule has 2 aromatic carbocycles. The van der Waals surface area contributed by atoms with Gasteiger partial charge in [-0.2, -0.15) is 0 Å². The summed E-state index contributed by atoms with van der Waals surface area (Å²) in [5, 5.41) is 0.362. The second-order valence-electron chi connectivity index (χ2n) is 6.17. The molecule has 4 rings (SSSR count). The Labute approximate surface area is 144 Å². The van der Waals surface area contributed by atoms with Crippen molar-refractivity contribution < 1.29 is 4.39 Å². The van der Waals surface area contributed by atoms with E-state index in [4.69, 9.17) is 17.3 Å². The smallest absolute Gasteiger partial charge is 0.134 e. The van der Waals surface area contributed by atoms with Crippen molar-refractivity contribution in [2.45, 2.75) is 25.3 Å². The highest BCUT2D eigenvalue weighted by molar-refractivity contribution is 6.30. The van der Waals surface area contributed by atoms with Crippen molar-refractivity contribution in [3.05, 3.63) is 70.8 Å². The van der Waals surface area contributed by atoms with Gasteiger partial charge in [-0.25, -0.2) is 9.37 Å². The highest BCUT2D eigenvalue weighted by Gasteiger charge is 2.31. The van der Waals surface area contributed by atoms with Crippen LogP contribution in [0.3, 0.4) is 0 Å². The molecular weight excluding hydrogens is 325 g/mol. The number of anilines is 1. The average Bonchev–Trinajstić information content (AvgIpc) is 3.36. The lowest BCUT2D eigenvalue weighted by molar-refractivity contribution is 0.631. The molecule has 0 saturated heterocycles. The zero-order chi connectivity index (χ0) is 16.7. The molecule has 1 heterocycles. The molecule has 0 aliphatic heterocycles. The number of halogens is 2. The second kappa shape index (κ2) is 5.95. The maximum atomic E-state index is 14.3. The van der Waals surface area contributed by atoms with Gasteiger partial charge in [0.25, 0.3) is 0 Å². The maximum absolute atomic E-state index is 14.3. The summed E-state index contributed by atoms with van der Waals surface area (Å²) in [7, 11) is 0. The van der Waals surface area contributed by atoms with Crippen LogP contribution in [0.2, 0.25) is 5.02 Å². The molecule has 1 aliphatic rings. The van der Waals surface area contributed by atoms with Crippen LogP contribution in [-0.2, 0) is 6.54 Å². The molecule has 122 valence electrons. The molecule has 0 radical (unpaired) electrons. The summed E-state index contributed by atoms with van der Waals surface area (Å²) in [5.41, 5.74) is 8.40. The number of rotatable bonds is 4. The molecule has 0 bridgehead atoms. The minimum atomic E-state index is -0.402. The van der Waals surface area contributed by atoms with Crippen LogP contribution >= 0.6 is 11.6 Å². The van der Waals surface area contributed by atoms with Gasteiger partial charge in [0, 0.05) is 16.5 Å². The summed E-state index contributed by atoms with van der Waals surface area (Å²) in [4.78, 5) is 4.68. The fourth-order valence-electron chi connectivity index (χ4n) is 2.95. The third-order valence-electron chi connectivity index (χ3n) is 4.35. The lowest BCUT2D eigenvalue weighted by atomic mass is 10.1. The number of hydrogen-bond acceptors (Lipinski definition) is 2. The van der Waals surface area contributed by atoms with Crippen molar-refractivity contribution in [2.75, 3.05) is 5.73 Å². The summed E-state index contributed by atoms with van der Waals surface area (Å²) in [6.07, 6.45) is 2.21. The van der Waals surface area contributed by atoms with Crippen LogP contribution in [0.1, 0.15) is 30.1 Å². The number of benzene rings is 2. The molecule has 0 spiro atoms. The zero-order valence-corrected chi connectivity index (χ0v) is 13.8. The van der Waals surface area contributed by atoms with Gasteiger partial charge in [0.05, 0.1) is 6.54 Å². The Hall–Kier alpha value is -2.33. The lowest BCUT2D eigenvalue weighted by Crippen LogP contribution is -2.08. The van der Waals surface area contributed by atoms with Gasteiger partial charge < -0.3 is 10.3 Å². The normalized spacial score (nSPS) is 14.1. The SMILES string of the molecule is Nc1c(-c2ccc(Cl)cc2F)nc(C2CC2)n1Cc1ccccc1. The topological polar surface area (TPSA) is 43.8 Å². The van der Waals surface area contributed by atoms with E-state index in [1.165, 1.54) is 6.07 Å². The van der Waals surface area contributed by atoms with E-state index < -0.39 is 5.82 Å². The van der Waals surface area contributed by atoms with Gasteiger partial charge >= 0.3 is 0 Å². The molecule has 3 nitrogen and oxygen atoms in total. The van der Waals surface area contributed by atoms with Crippen LogP contribution in [0.15, 0.2) is 48.5 Å². The van der Waals surface area contributed by atoms with E-state index in [-0.39, 0.29) is 0 Å². The first-order valence-corrected chi connectivity index (χ1v) is 8.36. The number of aromatic nitrogens is 2. The Morgan fingerprint density at radius 2 is 1.92 bits per heavy atom. The van der Waals surface area contributed by atoms with Crippen LogP contribution in [-0.4, -0.2) is 9.55 Å². The highest BCUT2D eigenvalue weighted by atomic mass is 35.5. The van der Waals surface area contributed by atoms with Gasteiger partial charge in [-0.1, -0.05) is 41.9 Å². The summed E-state index contributed by atoms with van der Waals surface area (Å²) in [5.74, 6) is 1.46. The van der Waals surface area contributed by atoms with Gasteiger partial charge in [0.1, 0.15) is 23.2 Å². The van der Waals surface area contributed by atoms with Gasteiger partial charge in [-0.3, -0.25) is 0 Å². The molecule has 24 heavy (non-hydrogen) atoms. The fraction of sp³-hybridized carbons (Fsp3) is 0.211. The number of nitrogen functional groups attached to an aromatic ring is 1. The van der Waals surface area contributed by atoms with Crippen molar-refractivity contribution in [1.82, 2.24) is 9.55 Å². The minimum Gasteiger partial charge on any atom is -0.383 e. The summed E-state index contributed by atoms with van der Waals surface area (Å²) < 4.78 is 16.3. The highest BCUT2D eigenvalue weighted by Crippen LogP contribution is 2.43. The van der Waals surface area contributed by atoms with E-state index in [0.29, 0.717) is 34.6 Å². The number of nitrogens with zero attached hydrogens (tertiary/aromatic N) is 2. The van der Waals surface area contributed by atoms with Crippen molar-refractivity contribution in [3.8, 4) is 11.3 Å². The molecular formula is C19H17ClFN3. The molecule has 0 atom stereocenters. The molecule has 3 aromatic rings. The summed E-state index contributed by atoms with van der Waals surface area (Å²) in [6.45, 7) is 0.640. The Morgan fingerprint density at radius 3 is 2.58 bits per heavy atom. The second-order valence-corrected chi connectivity index (χ2v) is 6.61. The molecule has 1 aromatic heterocycles. The van der Waals surface area contributed by atoms with Crippen LogP contribution in [0, 0.1) is 5.82 Å². The minimum absolute atomic E-state index is 0.362. The Balaban J connectivity index is 1.80. The standard InChI is InChI=1S/C19H17ClFN3/c20-14-8-9-15(16(21)10-14)17-18(22)24(19(23-17)13-6-7-13)11-12-4-2-1-3-5-12/h1-5,8-10,13H,6-7,11,22H2. The van der Waals surface area contributed by atoms with Crippen LogP contribution in [0.5, 0.6) is 0 Å². The van der Waals surface area contributed by atoms with E-state index in [2.05, 4.69) is 17.1 Å². The predicted molar refractivity (Wildman–Crippen MR) is 94.6 cm³/mol. The van der Waals surface area contributed by atoms with E-state index in [1.54, 1.807) is 12.1 Å². The van der Waals surface area contributed by atoms with Crippen molar-refractivity contribution >= 4 is 17.4 Å². The first-order chi connectivity index (χ1) is 11.6. The Morgan fingerprint density at radius 1 is 1.17 bits per heavy atom. The molecule has 0 unspecified atom stereocenters. The van der Waals surface area contributed by atoms with E-state index >= 15 is 0 Å². The van der Waals surface area contributed by atoms with E-state index in [1.807, 2.05) is 22.8 Å². The predicted octanol–water partition coefficient (Wildman–Crippen LogP) is 4.85. The summed E-state index contributed by atoms with van der Waals surface area (Å²) >= 11 is 5.85. The van der Waals surface area contributed by atoms with Crippen LogP contribution in [0.4, 0.5) is 10.2 Å². The molecule has 1 saturated carbocycles. The molecule has 2 N–H and O–H groups in total. The molecule has 1 aliphatic carbocycles. The quantitative estimate of drug-likeness (QED) is 0.737. The van der Waals surface area contributed by atoms with Crippen molar-refractivity contribution in [1.29, 1.82) is 0 Å². The summed E-state index contributed by atoms with van der Waals surface area (Å²) in [6, 6.07) is 14.7. The van der Waals surface area contributed by atoms with Crippen LogP contribution in [0.25, 0.3) is 11.3 Å². The largest absolute Gasteiger partial charge is 0.383 e. The van der Waals surface area contributed by atoms with E-state index in [0.717, 1.165) is 24.2 Å². The third-order valence-corrected chi connectivity index (χ3v) is 4.58. The van der Waals surface area contributed by atoms with Crippen LogP contribution < -0.4 is 5.73 Å². The van der Waals surface area contributed by atoms with Crippen molar-refractivity contribution in [3.63, 3.8) is 0 Å². The van der Waals surface area contributed by atoms with Crippen molar-refractivity contribution in [2.24, 2.45) is 0 Å². The average molecular weight is 342 g/mol. The third kappa shape index (κ3) is 2.78. The monoisotopic (exact) mass is 341 g/mol. The first kappa shape index (κ1) is 15.2. The Bertz CT molecular complexity index is 885. The Kier molecular flexibility index (Phi) is 3.77. The fourth-order valence-corrected chi connectivity index (χ4v) is 3.11. The number of nitrogens with two attached hydrogens (primary N) is 1. The lowest BCUT2D eigenvalue weighted by Gasteiger charge is -2.10. The first-order valence-electron chi connectivity index (χ1n) is 7.98. The van der Waals surface area contributed by atoms with Gasteiger partial charge in [0.2, 0.25) is 0 Å². The zero-order valence-electron chi connectivity index (χ0n) is 13.0. The number of hydrogen-bond donors (Lipinski definition) is 1. The maximum Gasteiger partial charge on any atom is 0.134 e. The molecule has 0 amide bonds. The van der Waals surface area contributed by atoms with Gasteiger partial charge in [-0.05, 0) is 36.6 Å². The van der Waals surface area contributed by atoms with Gasteiger partial charge in [0.15, 0.2) is 0 Å². The number of imidazole rings is 1. The van der Waals surface area contributed by atoms with E-state index in [9.17, 15) is 4.39 Å². The molecule has 5 heteroatoms.